The molecule has 1 unspecified atom stereocenters. The Kier molecular flexibility index (Phi) is 6.66. The lowest BCUT2D eigenvalue weighted by Gasteiger charge is -2.19. The maximum atomic E-state index is 14.4. The number of rotatable bonds is 7. The Hall–Kier alpha value is -3.05. The van der Waals surface area contributed by atoms with Crippen LogP contribution in [0.15, 0.2) is 54.6 Å². The zero-order valence-corrected chi connectivity index (χ0v) is 18.8. The topological polar surface area (TPSA) is 47.6 Å². The quantitative estimate of drug-likeness (QED) is 0.399. The summed E-state index contributed by atoms with van der Waals surface area (Å²) < 4.78 is 25.2. The highest BCUT2D eigenvalue weighted by Gasteiger charge is 2.27. The summed E-state index contributed by atoms with van der Waals surface area (Å²) in [7, 11) is 0. The lowest BCUT2D eigenvalue weighted by atomic mass is 9.96. The molecule has 0 amide bonds. The van der Waals surface area contributed by atoms with Gasteiger partial charge in [-0.15, -0.1) is 0 Å². The molecule has 3 aromatic rings. The molecule has 0 saturated carbocycles. The first-order valence-corrected chi connectivity index (χ1v) is 11.2. The van der Waals surface area contributed by atoms with Gasteiger partial charge in [0.25, 0.3) is 0 Å². The second kappa shape index (κ2) is 9.61. The van der Waals surface area contributed by atoms with Crippen LogP contribution < -0.4 is 10.1 Å². The Morgan fingerprint density at radius 2 is 1.88 bits per heavy atom. The van der Waals surface area contributed by atoms with Crippen molar-refractivity contribution in [1.29, 1.82) is 0 Å². The minimum absolute atomic E-state index is 0.0112. The van der Waals surface area contributed by atoms with Gasteiger partial charge >= 0.3 is 5.97 Å². The number of carbonyl (C=O) groups is 1. The molecule has 1 aliphatic carbocycles. The van der Waals surface area contributed by atoms with Crippen molar-refractivity contribution in [3.8, 4) is 16.9 Å². The van der Waals surface area contributed by atoms with Crippen molar-refractivity contribution in [3.05, 3.63) is 82.1 Å². The van der Waals surface area contributed by atoms with Crippen LogP contribution in [0.2, 0.25) is 5.02 Å². The molecule has 3 aromatic carbocycles. The van der Waals surface area contributed by atoms with Crippen molar-refractivity contribution in [2.45, 2.75) is 32.7 Å². The molecule has 0 heterocycles. The molecule has 6 heteroatoms. The second-order valence-corrected chi connectivity index (χ2v) is 7.98. The molecular weight excluding hydrogens is 429 g/mol. The van der Waals surface area contributed by atoms with E-state index in [4.69, 9.17) is 21.1 Å². The van der Waals surface area contributed by atoms with Crippen LogP contribution in [0.4, 0.5) is 10.1 Å². The standard InChI is InChI=1S/C26H25ClFNO3/c1-3-31-25-15-24(21(27)14-20(25)26(30)32-4-2)29-23-13-12-17-16(9-7-10-19(17)23)18-8-5-6-11-22(18)28/h5-11,14-15,23,29H,3-4,12-13H2,1-2H3. The van der Waals surface area contributed by atoms with Crippen LogP contribution in [0.25, 0.3) is 11.1 Å². The lowest BCUT2D eigenvalue weighted by Crippen LogP contribution is -2.11. The average molecular weight is 454 g/mol. The summed E-state index contributed by atoms with van der Waals surface area (Å²) in [5.41, 5.74) is 4.77. The minimum Gasteiger partial charge on any atom is -0.493 e. The van der Waals surface area contributed by atoms with E-state index >= 15 is 0 Å². The van der Waals surface area contributed by atoms with Crippen LogP contribution in [0.1, 0.15) is 47.8 Å². The van der Waals surface area contributed by atoms with Crippen LogP contribution in [0.3, 0.4) is 0 Å². The van der Waals surface area contributed by atoms with Crippen LogP contribution in [-0.4, -0.2) is 19.2 Å². The van der Waals surface area contributed by atoms with Gasteiger partial charge in [-0.25, -0.2) is 9.18 Å². The van der Waals surface area contributed by atoms with E-state index in [1.165, 1.54) is 6.07 Å². The summed E-state index contributed by atoms with van der Waals surface area (Å²) in [5, 5.41) is 3.91. The maximum absolute atomic E-state index is 14.4. The summed E-state index contributed by atoms with van der Waals surface area (Å²) in [6.07, 6.45) is 1.68. The van der Waals surface area contributed by atoms with Gasteiger partial charge < -0.3 is 14.8 Å². The monoisotopic (exact) mass is 453 g/mol. The number of nitrogens with one attached hydrogen (secondary N) is 1. The number of halogens is 2. The normalized spacial score (nSPS) is 14.7. The third-order valence-corrected chi connectivity index (χ3v) is 5.94. The molecule has 0 spiro atoms. The van der Waals surface area contributed by atoms with Gasteiger partial charge in [0.2, 0.25) is 0 Å². The van der Waals surface area contributed by atoms with Crippen molar-refractivity contribution in [2.24, 2.45) is 0 Å². The third kappa shape index (κ3) is 4.30. The van der Waals surface area contributed by atoms with Gasteiger partial charge in [0.05, 0.1) is 30.0 Å². The van der Waals surface area contributed by atoms with Crippen molar-refractivity contribution >= 4 is 23.3 Å². The number of hydrogen-bond acceptors (Lipinski definition) is 4. The number of ether oxygens (including phenoxy) is 2. The fourth-order valence-corrected chi connectivity index (χ4v) is 4.45. The summed E-state index contributed by atoms with van der Waals surface area (Å²) in [6, 6.07) is 16.2. The maximum Gasteiger partial charge on any atom is 0.341 e. The smallest absolute Gasteiger partial charge is 0.341 e. The van der Waals surface area contributed by atoms with Gasteiger partial charge in [-0.05, 0) is 55.5 Å². The molecule has 0 aliphatic heterocycles. The van der Waals surface area contributed by atoms with E-state index < -0.39 is 5.97 Å². The Bertz CT molecular complexity index is 1150. The number of carbonyl (C=O) groups excluding carboxylic acids is 1. The van der Waals surface area contributed by atoms with Crippen LogP contribution in [0, 0.1) is 5.82 Å². The van der Waals surface area contributed by atoms with E-state index in [0.717, 1.165) is 29.5 Å². The molecule has 32 heavy (non-hydrogen) atoms. The van der Waals surface area contributed by atoms with Crippen LogP contribution in [-0.2, 0) is 11.2 Å². The average Bonchev–Trinajstić information content (AvgIpc) is 3.19. The van der Waals surface area contributed by atoms with Gasteiger partial charge in [0.1, 0.15) is 17.1 Å². The molecular formula is C26H25ClFNO3. The molecule has 0 bridgehead atoms. The molecule has 1 aliphatic rings. The summed E-state index contributed by atoms with van der Waals surface area (Å²) >= 11 is 6.52. The lowest BCUT2D eigenvalue weighted by molar-refractivity contribution is 0.0522. The van der Waals surface area contributed by atoms with E-state index in [2.05, 4.69) is 11.4 Å². The molecule has 0 fully saturated rings. The van der Waals surface area contributed by atoms with E-state index in [1.54, 1.807) is 25.1 Å². The van der Waals surface area contributed by atoms with Gasteiger partial charge in [-0.2, -0.15) is 0 Å². The van der Waals surface area contributed by atoms with Gasteiger partial charge in [-0.1, -0.05) is 48.0 Å². The number of hydrogen-bond donors (Lipinski definition) is 1. The minimum atomic E-state index is -0.467. The largest absolute Gasteiger partial charge is 0.493 e. The number of anilines is 1. The van der Waals surface area contributed by atoms with E-state index in [9.17, 15) is 9.18 Å². The van der Waals surface area contributed by atoms with Crippen molar-refractivity contribution in [3.63, 3.8) is 0 Å². The van der Waals surface area contributed by atoms with Gasteiger partial charge in [0.15, 0.2) is 0 Å². The molecule has 166 valence electrons. The predicted octanol–water partition coefficient (Wildman–Crippen LogP) is 6.82. The SMILES string of the molecule is CCOC(=O)c1cc(Cl)c(NC2CCc3c(-c4ccccc4F)cccc32)cc1OCC. The highest BCUT2D eigenvalue weighted by atomic mass is 35.5. The molecule has 0 radical (unpaired) electrons. The van der Waals surface area contributed by atoms with E-state index in [0.29, 0.717) is 34.2 Å². The molecule has 4 nitrogen and oxygen atoms in total. The Balaban J connectivity index is 1.66. The summed E-state index contributed by atoms with van der Waals surface area (Å²) in [5.74, 6) is -0.266. The molecule has 0 saturated heterocycles. The third-order valence-electron chi connectivity index (χ3n) is 5.63. The number of fused-ring (bicyclic) bond motifs is 1. The Morgan fingerprint density at radius 1 is 1.09 bits per heavy atom. The highest BCUT2D eigenvalue weighted by molar-refractivity contribution is 6.33. The molecule has 1 N–H and O–H groups in total. The first-order chi connectivity index (χ1) is 15.5. The molecule has 1 atom stereocenters. The number of benzene rings is 3. The predicted molar refractivity (Wildman–Crippen MR) is 125 cm³/mol. The zero-order valence-electron chi connectivity index (χ0n) is 18.1. The summed E-state index contributed by atoms with van der Waals surface area (Å²) in [4.78, 5) is 12.3. The number of esters is 1. The fraction of sp³-hybridized carbons (Fsp3) is 0.269. The second-order valence-electron chi connectivity index (χ2n) is 7.57. The molecule has 4 rings (SSSR count). The first kappa shape index (κ1) is 22.2. The zero-order chi connectivity index (χ0) is 22.7. The van der Waals surface area contributed by atoms with E-state index in [1.807, 2.05) is 31.2 Å². The first-order valence-electron chi connectivity index (χ1n) is 10.8. The van der Waals surface area contributed by atoms with Crippen LogP contribution >= 0.6 is 11.6 Å². The fourth-order valence-electron chi connectivity index (χ4n) is 4.23. The van der Waals surface area contributed by atoms with Gasteiger partial charge in [-0.3, -0.25) is 0 Å². The van der Waals surface area contributed by atoms with Crippen molar-refractivity contribution < 1.29 is 18.7 Å². The Morgan fingerprint density at radius 3 is 2.62 bits per heavy atom. The van der Waals surface area contributed by atoms with Crippen molar-refractivity contribution in [1.82, 2.24) is 0 Å². The van der Waals surface area contributed by atoms with E-state index in [-0.39, 0.29) is 18.5 Å². The van der Waals surface area contributed by atoms with Gasteiger partial charge in [0, 0.05) is 11.6 Å². The Labute approximate surface area is 192 Å². The summed E-state index contributed by atoms with van der Waals surface area (Å²) in [6.45, 7) is 4.29. The van der Waals surface area contributed by atoms with Crippen molar-refractivity contribution in [2.75, 3.05) is 18.5 Å². The van der Waals surface area contributed by atoms with Crippen LogP contribution in [0.5, 0.6) is 5.75 Å². The highest BCUT2D eigenvalue weighted by Crippen LogP contribution is 2.42. The molecule has 0 aromatic heterocycles.